The summed E-state index contributed by atoms with van der Waals surface area (Å²) >= 11 is 5.85. The summed E-state index contributed by atoms with van der Waals surface area (Å²) in [4.78, 5) is 4.19. The highest BCUT2D eigenvalue weighted by atomic mass is 35.5. The van der Waals surface area contributed by atoms with Gasteiger partial charge in [0.05, 0.1) is 0 Å². The van der Waals surface area contributed by atoms with Gasteiger partial charge in [-0.25, -0.2) is 0 Å². The van der Waals surface area contributed by atoms with Crippen LogP contribution >= 0.6 is 11.6 Å². The van der Waals surface area contributed by atoms with Crippen LogP contribution in [0.15, 0.2) is 46.9 Å². The molecule has 1 radical (unpaired) electrons. The number of benzene rings is 2. The molecule has 0 fully saturated rings. The number of fused-ring (bicyclic) bond motifs is 1. The van der Waals surface area contributed by atoms with E-state index in [4.69, 9.17) is 20.8 Å². The van der Waals surface area contributed by atoms with Crippen molar-refractivity contribution in [1.29, 1.82) is 0 Å². The standard InChI is InChI=1S/C13H7ClNO2/c14-9-6-7-11-12(8-9)17-13(15-11)16-10-4-2-1-3-5-10/h1-2,4-8H. The van der Waals surface area contributed by atoms with Crippen molar-refractivity contribution in [2.24, 2.45) is 0 Å². The Morgan fingerprint density at radius 1 is 1.29 bits per heavy atom. The fraction of sp³-hybridized carbons (Fsp3) is 0. The fourth-order valence-electron chi connectivity index (χ4n) is 1.46. The third kappa shape index (κ3) is 2.10. The summed E-state index contributed by atoms with van der Waals surface area (Å²) in [5.74, 6) is 0.630. The molecule has 17 heavy (non-hydrogen) atoms. The van der Waals surface area contributed by atoms with E-state index >= 15 is 0 Å². The van der Waals surface area contributed by atoms with Gasteiger partial charge in [0.1, 0.15) is 11.3 Å². The van der Waals surface area contributed by atoms with E-state index in [9.17, 15) is 0 Å². The first-order valence-electron chi connectivity index (χ1n) is 5.01. The van der Waals surface area contributed by atoms with Crippen molar-refractivity contribution >= 4 is 22.7 Å². The molecular formula is C13H7ClNO2. The molecule has 3 rings (SSSR count). The van der Waals surface area contributed by atoms with Crippen molar-refractivity contribution in [3.63, 3.8) is 0 Å². The van der Waals surface area contributed by atoms with Crippen LogP contribution in [0.2, 0.25) is 5.02 Å². The topological polar surface area (TPSA) is 35.3 Å². The van der Waals surface area contributed by atoms with Gasteiger partial charge in [0, 0.05) is 11.1 Å². The van der Waals surface area contributed by atoms with Gasteiger partial charge in [0.25, 0.3) is 0 Å². The second kappa shape index (κ2) is 4.11. The second-order valence-electron chi connectivity index (χ2n) is 3.43. The van der Waals surface area contributed by atoms with Gasteiger partial charge in [-0.3, -0.25) is 0 Å². The lowest BCUT2D eigenvalue weighted by Crippen LogP contribution is -1.82. The van der Waals surface area contributed by atoms with Crippen molar-refractivity contribution in [2.45, 2.75) is 0 Å². The summed E-state index contributed by atoms with van der Waals surface area (Å²) in [5.41, 5.74) is 1.32. The second-order valence-corrected chi connectivity index (χ2v) is 3.87. The first kappa shape index (κ1) is 10.2. The highest BCUT2D eigenvalue weighted by Crippen LogP contribution is 2.26. The molecule has 0 unspecified atom stereocenters. The largest absolute Gasteiger partial charge is 0.411 e. The number of hydrogen-bond acceptors (Lipinski definition) is 3. The molecule has 0 bridgehead atoms. The average Bonchev–Trinajstić information content (AvgIpc) is 2.71. The van der Waals surface area contributed by atoms with E-state index in [0.29, 0.717) is 21.9 Å². The molecule has 2 aromatic carbocycles. The Morgan fingerprint density at radius 2 is 2.24 bits per heavy atom. The van der Waals surface area contributed by atoms with E-state index in [1.165, 1.54) is 0 Å². The first-order chi connectivity index (χ1) is 8.31. The Hall–Kier alpha value is -2.00. The van der Waals surface area contributed by atoms with Gasteiger partial charge in [-0.2, -0.15) is 4.98 Å². The zero-order valence-corrected chi connectivity index (χ0v) is 9.44. The molecule has 0 saturated carbocycles. The average molecular weight is 245 g/mol. The summed E-state index contributed by atoms with van der Waals surface area (Å²) in [6, 6.07) is 15.3. The number of halogens is 1. The molecule has 0 atom stereocenters. The van der Waals surface area contributed by atoms with Crippen LogP contribution in [0.1, 0.15) is 0 Å². The van der Waals surface area contributed by atoms with E-state index in [0.717, 1.165) is 0 Å². The fourth-order valence-corrected chi connectivity index (χ4v) is 1.62. The summed E-state index contributed by atoms with van der Waals surface area (Å²) in [5, 5.41) is 0.605. The Bertz CT molecular complexity index is 649. The molecule has 3 nitrogen and oxygen atoms in total. The van der Waals surface area contributed by atoms with Crippen molar-refractivity contribution in [3.8, 4) is 11.8 Å². The van der Waals surface area contributed by atoms with Crippen molar-refractivity contribution in [2.75, 3.05) is 0 Å². The molecule has 0 aliphatic rings. The maximum Gasteiger partial charge on any atom is 0.400 e. The molecular weight excluding hydrogens is 238 g/mol. The molecule has 3 aromatic rings. The van der Waals surface area contributed by atoms with Gasteiger partial charge in [-0.1, -0.05) is 23.7 Å². The lowest BCUT2D eigenvalue weighted by atomic mass is 10.3. The Balaban J connectivity index is 1.96. The Morgan fingerprint density at radius 3 is 3.06 bits per heavy atom. The smallest absolute Gasteiger partial charge is 0.400 e. The molecule has 83 valence electrons. The minimum absolute atomic E-state index is 0.196. The number of hydrogen-bond donors (Lipinski definition) is 0. The van der Waals surface area contributed by atoms with Gasteiger partial charge in [-0.05, 0) is 30.3 Å². The van der Waals surface area contributed by atoms with Crippen molar-refractivity contribution in [1.82, 2.24) is 4.98 Å². The highest BCUT2D eigenvalue weighted by Gasteiger charge is 2.07. The maximum absolute atomic E-state index is 5.85. The number of oxazole rings is 1. The van der Waals surface area contributed by atoms with Crippen LogP contribution in [0.25, 0.3) is 11.1 Å². The summed E-state index contributed by atoms with van der Waals surface area (Å²) < 4.78 is 10.9. The predicted octanol–water partition coefficient (Wildman–Crippen LogP) is 4.07. The third-order valence-electron chi connectivity index (χ3n) is 2.21. The van der Waals surface area contributed by atoms with Crippen LogP contribution in [-0.4, -0.2) is 4.98 Å². The molecule has 1 heterocycles. The molecule has 1 aromatic heterocycles. The number of aromatic nitrogens is 1. The quantitative estimate of drug-likeness (QED) is 0.682. The monoisotopic (exact) mass is 244 g/mol. The zero-order chi connectivity index (χ0) is 11.7. The Labute approximate surface area is 103 Å². The van der Waals surface area contributed by atoms with Crippen LogP contribution in [0, 0.1) is 6.07 Å². The molecule has 0 spiro atoms. The van der Waals surface area contributed by atoms with Crippen LogP contribution in [0.3, 0.4) is 0 Å². The van der Waals surface area contributed by atoms with Gasteiger partial charge in [0.2, 0.25) is 0 Å². The van der Waals surface area contributed by atoms with E-state index in [1.54, 1.807) is 36.4 Å². The summed E-state index contributed by atoms with van der Waals surface area (Å²) in [6.45, 7) is 0. The lowest BCUT2D eigenvalue weighted by Gasteiger charge is -1.97. The van der Waals surface area contributed by atoms with Gasteiger partial charge >= 0.3 is 6.08 Å². The van der Waals surface area contributed by atoms with E-state index in [-0.39, 0.29) is 6.08 Å². The molecule has 4 heteroatoms. The van der Waals surface area contributed by atoms with Gasteiger partial charge in [-0.15, -0.1) is 0 Å². The predicted molar refractivity (Wildman–Crippen MR) is 64.4 cm³/mol. The van der Waals surface area contributed by atoms with Crippen molar-refractivity contribution < 1.29 is 9.15 Å². The normalized spacial score (nSPS) is 10.6. The van der Waals surface area contributed by atoms with Gasteiger partial charge in [0.15, 0.2) is 5.58 Å². The van der Waals surface area contributed by atoms with Crippen molar-refractivity contribution in [3.05, 3.63) is 53.6 Å². The SMILES string of the molecule is Clc1ccc2nc(Oc3c[c]ccc3)oc2c1. The molecule has 0 amide bonds. The van der Waals surface area contributed by atoms with E-state index < -0.39 is 0 Å². The summed E-state index contributed by atoms with van der Waals surface area (Å²) in [7, 11) is 0. The van der Waals surface area contributed by atoms with Crippen LogP contribution in [-0.2, 0) is 0 Å². The Kier molecular flexibility index (Phi) is 2.46. The molecule has 0 N–H and O–H groups in total. The van der Waals surface area contributed by atoms with E-state index in [1.807, 2.05) is 6.07 Å². The zero-order valence-electron chi connectivity index (χ0n) is 8.68. The summed E-state index contributed by atoms with van der Waals surface area (Å²) in [6.07, 6.45) is 0.196. The molecule has 0 aliphatic carbocycles. The number of rotatable bonds is 2. The van der Waals surface area contributed by atoms with Gasteiger partial charge < -0.3 is 9.15 Å². The van der Waals surface area contributed by atoms with Crippen LogP contribution in [0.5, 0.6) is 11.8 Å². The maximum atomic E-state index is 5.85. The first-order valence-corrected chi connectivity index (χ1v) is 5.39. The van der Waals surface area contributed by atoms with Crippen LogP contribution in [0.4, 0.5) is 0 Å². The molecule has 0 saturated heterocycles. The highest BCUT2D eigenvalue weighted by molar-refractivity contribution is 6.31. The number of ether oxygens (including phenoxy) is 1. The minimum Gasteiger partial charge on any atom is -0.411 e. The third-order valence-corrected chi connectivity index (χ3v) is 2.45. The van der Waals surface area contributed by atoms with E-state index in [2.05, 4.69) is 11.1 Å². The molecule has 0 aliphatic heterocycles. The lowest BCUT2D eigenvalue weighted by molar-refractivity contribution is 0.343. The minimum atomic E-state index is 0.196. The van der Waals surface area contributed by atoms with Crippen LogP contribution < -0.4 is 4.74 Å². The number of nitrogens with zero attached hydrogens (tertiary/aromatic N) is 1.